The van der Waals surface area contributed by atoms with E-state index in [-0.39, 0.29) is 6.04 Å². The molecule has 0 radical (unpaired) electrons. The van der Waals surface area contributed by atoms with Crippen LogP contribution in [0.1, 0.15) is 47.9 Å². The van der Waals surface area contributed by atoms with E-state index >= 15 is 0 Å². The van der Waals surface area contributed by atoms with Crippen LogP contribution in [0.4, 0.5) is 0 Å². The molecule has 0 aliphatic heterocycles. The van der Waals surface area contributed by atoms with Crippen molar-refractivity contribution in [3.05, 3.63) is 68.1 Å². The van der Waals surface area contributed by atoms with Gasteiger partial charge in [-0.1, -0.05) is 68.6 Å². The molecule has 2 aromatic carbocycles. The first-order valence-corrected chi connectivity index (χ1v) is 8.78. The van der Waals surface area contributed by atoms with Crippen molar-refractivity contribution in [2.45, 2.75) is 31.2 Å². The van der Waals surface area contributed by atoms with Gasteiger partial charge in [-0.25, -0.2) is 5.43 Å². The molecule has 21 heavy (non-hydrogen) atoms. The number of nitrogens with one attached hydrogen (secondary N) is 1. The predicted molar refractivity (Wildman–Crippen MR) is 94.0 cm³/mol. The van der Waals surface area contributed by atoms with Crippen molar-refractivity contribution in [3.63, 3.8) is 0 Å². The normalized spacial score (nSPS) is 16.5. The summed E-state index contributed by atoms with van der Waals surface area (Å²) >= 11 is 7.12. The van der Waals surface area contributed by atoms with Gasteiger partial charge in [0.05, 0.1) is 6.04 Å². The highest BCUT2D eigenvalue weighted by Gasteiger charge is 2.21. The lowest BCUT2D eigenvalue weighted by molar-refractivity contribution is 0.419. The van der Waals surface area contributed by atoms with Gasteiger partial charge in [-0.15, -0.1) is 0 Å². The van der Waals surface area contributed by atoms with Crippen molar-refractivity contribution in [1.29, 1.82) is 0 Å². The molecule has 1 fully saturated rings. The van der Waals surface area contributed by atoms with E-state index in [9.17, 15) is 0 Å². The fraction of sp³-hybridized carbons (Fsp3) is 0.294. The van der Waals surface area contributed by atoms with Crippen LogP contribution in [0, 0.1) is 0 Å². The van der Waals surface area contributed by atoms with Gasteiger partial charge in [0.25, 0.3) is 0 Å². The van der Waals surface area contributed by atoms with Gasteiger partial charge in [-0.2, -0.15) is 0 Å². The second-order valence-electron chi connectivity index (χ2n) is 5.56. The van der Waals surface area contributed by atoms with E-state index in [0.29, 0.717) is 0 Å². The molecule has 0 heterocycles. The first kappa shape index (κ1) is 15.2. The van der Waals surface area contributed by atoms with Crippen LogP contribution in [0.15, 0.2) is 51.4 Å². The molecule has 1 atom stereocenters. The van der Waals surface area contributed by atoms with Gasteiger partial charge in [0.15, 0.2) is 0 Å². The summed E-state index contributed by atoms with van der Waals surface area (Å²) in [5, 5.41) is 0. The van der Waals surface area contributed by atoms with Crippen molar-refractivity contribution in [2.75, 3.05) is 0 Å². The Bertz CT molecular complexity index is 638. The molecule has 0 saturated heterocycles. The number of rotatable bonds is 4. The minimum Gasteiger partial charge on any atom is -0.271 e. The predicted octanol–water partition coefficient (Wildman–Crippen LogP) is 5.03. The zero-order valence-electron chi connectivity index (χ0n) is 11.7. The molecule has 0 bridgehead atoms. The molecular weight excluding hydrogens is 392 g/mol. The molecule has 110 valence electrons. The quantitative estimate of drug-likeness (QED) is 0.548. The van der Waals surface area contributed by atoms with E-state index in [1.54, 1.807) is 0 Å². The smallest absolute Gasteiger partial charge is 0.0721 e. The lowest BCUT2D eigenvalue weighted by atomic mass is 9.79. The molecule has 1 aliphatic rings. The van der Waals surface area contributed by atoms with Crippen LogP contribution in [0.5, 0.6) is 0 Å². The third kappa shape index (κ3) is 3.24. The van der Waals surface area contributed by atoms with E-state index in [1.165, 1.54) is 30.4 Å². The molecule has 1 aliphatic carbocycles. The average molecular weight is 410 g/mol. The zero-order valence-corrected chi connectivity index (χ0v) is 14.8. The summed E-state index contributed by atoms with van der Waals surface area (Å²) in [6, 6.07) is 15.0. The lowest BCUT2D eigenvalue weighted by Crippen LogP contribution is -2.29. The summed E-state index contributed by atoms with van der Waals surface area (Å²) in [5.41, 5.74) is 6.75. The minimum absolute atomic E-state index is 0.00694. The Balaban J connectivity index is 1.95. The number of halogens is 2. The third-order valence-electron chi connectivity index (χ3n) is 4.26. The molecule has 2 nitrogen and oxygen atoms in total. The van der Waals surface area contributed by atoms with Crippen LogP contribution in [-0.4, -0.2) is 0 Å². The van der Waals surface area contributed by atoms with Crippen molar-refractivity contribution in [1.82, 2.24) is 5.43 Å². The fourth-order valence-electron chi connectivity index (χ4n) is 2.84. The number of nitrogens with two attached hydrogens (primary N) is 1. The van der Waals surface area contributed by atoms with Crippen LogP contribution < -0.4 is 11.3 Å². The highest BCUT2D eigenvalue weighted by atomic mass is 79.9. The van der Waals surface area contributed by atoms with Gasteiger partial charge < -0.3 is 0 Å². The first-order valence-electron chi connectivity index (χ1n) is 7.20. The average Bonchev–Trinajstić information content (AvgIpc) is 2.40. The molecule has 0 amide bonds. The maximum Gasteiger partial charge on any atom is 0.0721 e. The summed E-state index contributed by atoms with van der Waals surface area (Å²) in [6.45, 7) is 0. The number of benzene rings is 2. The highest BCUT2D eigenvalue weighted by molar-refractivity contribution is 9.11. The molecule has 3 rings (SSSR count). The third-order valence-corrected chi connectivity index (χ3v) is 5.44. The number of hydrogen-bond acceptors (Lipinski definition) is 2. The Morgan fingerprint density at radius 3 is 2.52 bits per heavy atom. The minimum atomic E-state index is -0.00694. The first-order chi connectivity index (χ1) is 10.2. The van der Waals surface area contributed by atoms with E-state index in [4.69, 9.17) is 5.84 Å². The Kier molecular flexibility index (Phi) is 4.79. The van der Waals surface area contributed by atoms with Crippen LogP contribution in [0.25, 0.3) is 0 Å². The van der Waals surface area contributed by atoms with E-state index in [0.717, 1.165) is 20.4 Å². The summed E-state index contributed by atoms with van der Waals surface area (Å²) in [5.74, 6) is 6.57. The highest BCUT2D eigenvalue weighted by Crippen LogP contribution is 2.38. The Hall–Kier alpha value is -0.680. The number of hydrogen-bond donors (Lipinski definition) is 2. The van der Waals surface area contributed by atoms with Crippen LogP contribution in [0.2, 0.25) is 0 Å². The van der Waals surface area contributed by atoms with Gasteiger partial charge in [-0.3, -0.25) is 5.84 Å². The van der Waals surface area contributed by atoms with Crippen molar-refractivity contribution in [3.8, 4) is 0 Å². The zero-order chi connectivity index (χ0) is 14.8. The summed E-state index contributed by atoms with van der Waals surface area (Å²) in [4.78, 5) is 0. The van der Waals surface area contributed by atoms with Crippen molar-refractivity contribution < 1.29 is 0 Å². The SMILES string of the molecule is NNC(c1cccc(C2CCC2)c1)c1ccc(Br)cc1Br. The van der Waals surface area contributed by atoms with Gasteiger partial charge >= 0.3 is 0 Å². The molecule has 1 saturated carbocycles. The largest absolute Gasteiger partial charge is 0.271 e. The standard InChI is InChI=1S/C17H18Br2N2/c18-14-7-8-15(16(19)10-14)17(21-20)13-6-2-5-12(9-13)11-3-1-4-11/h2,5-11,17,21H,1,3-4,20H2. The molecular formula is C17H18Br2N2. The molecule has 4 heteroatoms. The van der Waals surface area contributed by atoms with Crippen molar-refractivity contribution >= 4 is 31.9 Å². The Morgan fingerprint density at radius 1 is 1.10 bits per heavy atom. The van der Waals surface area contributed by atoms with Gasteiger partial charge in [0.1, 0.15) is 0 Å². The summed E-state index contributed by atoms with van der Waals surface area (Å²) < 4.78 is 2.10. The molecule has 3 N–H and O–H groups in total. The summed E-state index contributed by atoms with van der Waals surface area (Å²) in [6.07, 6.45) is 3.98. The topological polar surface area (TPSA) is 38.0 Å². The fourth-order valence-corrected chi connectivity index (χ4v) is 4.11. The molecule has 2 aromatic rings. The second kappa shape index (κ2) is 6.61. The molecule has 1 unspecified atom stereocenters. The van der Waals surface area contributed by atoms with Crippen molar-refractivity contribution in [2.24, 2.45) is 5.84 Å². The van der Waals surface area contributed by atoms with E-state index in [2.05, 4.69) is 73.7 Å². The lowest BCUT2D eigenvalue weighted by Gasteiger charge is -2.27. The van der Waals surface area contributed by atoms with E-state index < -0.39 is 0 Å². The Morgan fingerprint density at radius 2 is 1.90 bits per heavy atom. The molecule has 0 spiro atoms. The number of hydrazine groups is 1. The molecule has 0 aromatic heterocycles. The van der Waals surface area contributed by atoms with Crippen LogP contribution in [-0.2, 0) is 0 Å². The monoisotopic (exact) mass is 408 g/mol. The summed E-state index contributed by atoms with van der Waals surface area (Å²) in [7, 11) is 0. The Labute approximate surface area is 142 Å². The maximum absolute atomic E-state index is 5.83. The van der Waals surface area contributed by atoms with E-state index in [1.807, 2.05) is 6.07 Å². The second-order valence-corrected chi connectivity index (χ2v) is 7.33. The maximum atomic E-state index is 5.83. The van der Waals surface area contributed by atoms with Crippen LogP contribution >= 0.6 is 31.9 Å². The van der Waals surface area contributed by atoms with Gasteiger partial charge in [-0.05, 0) is 47.6 Å². The van der Waals surface area contributed by atoms with Gasteiger partial charge in [0.2, 0.25) is 0 Å². The van der Waals surface area contributed by atoms with Gasteiger partial charge in [0, 0.05) is 8.95 Å². The van der Waals surface area contributed by atoms with Crippen LogP contribution in [0.3, 0.4) is 0 Å².